The molecule has 0 heteroatoms. The first-order valence-electron chi connectivity index (χ1n) is 9.68. The molecule has 0 unspecified atom stereocenters. The Hall–Kier alpha value is -3.38. The van der Waals surface area contributed by atoms with Crippen molar-refractivity contribution in [1.82, 2.24) is 0 Å². The Morgan fingerprint density at radius 3 is 1.21 bits per heavy atom. The summed E-state index contributed by atoms with van der Waals surface area (Å²) >= 11 is 0. The molecule has 4 aromatic carbocycles. The molecule has 0 heterocycles. The van der Waals surface area contributed by atoms with Gasteiger partial charge in [0.25, 0.3) is 0 Å². The van der Waals surface area contributed by atoms with Crippen molar-refractivity contribution in [3.63, 3.8) is 0 Å². The van der Waals surface area contributed by atoms with Gasteiger partial charge < -0.3 is 0 Å². The zero-order valence-corrected chi connectivity index (χ0v) is 15.8. The molecule has 0 atom stereocenters. The molecule has 0 aliphatic carbocycles. The summed E-state index contributed by atoms with van der Waals surface area (Å²) in [6, 6.07) is 42.6. The summed E-state index contributed by atoms with van der Waals surface area (Å²) in [4.78, 5) is 0. The smallest absolute Gasteiger partial charge is 0.0554 e. The van der Waals surface area contributed by atoms with Gasteiger partial charge in [-0.25, -0.2) is 0 Å². The van der Waals surface area contributed by atoms with Gasteiger partial charge in [-0.05, 0) is 22.3 Å². The lowest BCUT2D eigenvalue weighted by atomic mass is 9.86. The zero-order valence-electron chi connectivity index (χ0n) is 15.8. The standard InChI is InChI=1S/C28H23/c1-5-13-23(14-6-1)27(24-15-7-2-8-16-24)21-22-28(25-17-9-3-10-18-25)26-19-11-4-12-20-26/h1-22,27H/b22-21+. The van der Waals surface area contributed by atoms with Crippen molar-refractivity contribution in [3.8, 4) is 0 Å². The highest BCUT2D eigenvalue weighted by molar-refractivity contribution is 5.52. The fourth-order valence-electron chi connectivity index (χ4n) is 3.52. The number of benzene rings is 4. The summed E-state index contributed by atoms with van der Waals surface area (Å²) in [6.45, 7) is 0. The highest BCUT2D eigenvalue weighted by Crippen LogP contribution is 2.30. The fraction of sp³-hybridized carbons (Fsp3) is 0.0357. The number of hydrogen-bond donors (Lipinski definition) is 0. The van der Waals surface area contributed by atoms with Crippen molar-refractivity contribution >= 4 is 0 Å². The Bertz CT molecular complexity index is 823. The van der Waals surface area contributed by atoms with Crippen LogP contribution in [-0.2, 0) is 0 Å². The predicted molar refractivity (Wildman–Crippen MR) is 118 cm³/mol. The van der Waals surface area contributed by atoms with E-state index in [0.717, 1.165) is 0 Å². The summed E-state index contributed by atoms with van der Waals surface area (Å²) in [5.74, 6) is 1.45. The third kappa shape index (κ3) is 4.29. The van der Waals surface area contributed by atoms with Crippen LogP contribution in [0, 0.1) is 5.92 Å². The van der Waals surface area contributed by atoms with E-state index in [0.29, 0.717) is 0 Å². The normalized spacial score (nSPS) is 11.4. The topological polar surface area (TPSA) is 0 Å². The average molecular weight is 359 g/mol. The molecular formula is C28H23. The maximum absolute atomic E-state index is 2.32. The van der Waals surface area contributed by atoms with E-state index in [2.05, 4.69) is 133 Å². The van der Waals surface area contributed by atoms with Crippen molar-refractivity contribution in [1.29, 1.82) is 0 Å². The van der Waals surface area contributed by atoms with Crippen LogP contribution in [-0.4, -0.2) is 0 Å². The second-order valence-corrected chi connectivity index (χ2v) is 6.80. The van der Waals surface area contributed by atoms with E-state index in [1.807, 2.05) is 0 Å². The molecule has 0 N–H and O–H groups in total. The van der Waals surface area contributed by atoms with E-state index in [1.165, 1.54) is 28.2 Å². The number of allylic oxidation sites excluding steroid dienone is 2. The Balaban J connectivity index is 1.75. The fourth-order valence-corrected chi connectivity index (χ4v) is 3.52. The first-order chi connectivity index (χ1) is 13.9. The van der Waals surface area contributed by atoms with E-state index in [-0.39, 0.29) is 5.92 Å². The Morgan fingerprint density at radius 2 is 0.821 bits per heavy atom. The van der Waals surface area contributed by atoms with Crippen LogP contribution in [0.5, 0.6) is 0 Å². The molecule has 28 heavy (non-hydrogen) atoms. The lowest BCUT2D eigenvalue weighted by Crippen LogP contribution is -2.02. The summed E-state index contributed by atoms with van der Waals surface area (Å²) < 4.78 is 0. The van der Waals surface area contributed by atoms with Crippen LogP contribution in [0.2, 0.25) is 0 Å². The monoisotopic (exact) mass is 359 g/mol. The van der Waals surface area contributed by atoms with E-state index in [9.17, 15) is 0 Å². The van der Waals surface area contributed by atoms with Crippen molar-refractivity contribution in [2.75, 3.05) is 0 Å². The third-order valence-corrected chi connectivity index (χ3v) is 4.94. The Morgan fingerprint density at radius 1 is 0.464 bits per heavy atom. The minimum absolute atomic E-state index is 0.213. The molecule has 0 fully saturated rings. The zero-order chi connectivity index (χ0) is 19.0. The Kier molecular flexibility index (Phi) is 5.80. The van der Waals surface area contributed by atoms with Crippen molar-refractivity contribution in [3.05, 3.63) is 162 Å². The minimum atomic E-state index is 0.213. The quantitative estimate of drug-likeness (QED) is 0.346. The van der Waals surface area contributed by atoms with Crippen LogP contribution in [0.4, 0.5) is 0 Å². The summed E-state index contributed by atoms with van der Waals surface area (Å²) in [5, 5.41) is 0. The highest BCUT2D eigenvalue weighted by Gasteiger charge is 2.15. The molecular weight excluding hydrogens is 336 g/mol. The molecule has 1 radical (unpaired) electrons. The molecule has 4 aromatic rings. The summed E-state index contributed by atoms with van der Waals surface area (Å²) in [7, 11) is 0. The van der Waals surface area contributed by atoms with Crippen LogP contribution < -0.4 is 0 Å². The van der Waals surface area contributed by atoms with Gasteiger partial charge in [0, 0.05) is 5.92 Å². The molecule has 4 rings (SSSR count). The number of rotatable bonds is 6. The minimum Gasteiger partial charge on any atom is -0.0754 e. The van der Waals surface area contributed by atoms with Gasteiger partial charge in [0.2, 0.25) is 0 Å². The molecule has 0 amide bonds. The van der Waals surface area contributed by atoms with Crippen molar-refractivity contribution < 1.29 is 0 Å². The summed E-state index contributed by atoms with van der Waals surface area (Å²) in [5.41, 5.74) is 5.05. The molecule has 0 aliphatic heterocycles. The summed E-state index contributed by atoms with van der Waals surface area (Å²) in [6.07, 6.45) is 4.59. The van der Waals surface area contributed by atoms with Gasteiger partial charge in [0.1, 0.15) is 0 Å². The second-order valence-electron chi connectivity index (χ2n) is 6.80. The first-order valence-corrected chi connectivity index (χ1v) is 9.68. The van der Waals surface area contributed by atoms with Crippen LogP contribution >= 0.6 is 0 Å². The van der Waals surface area contributed by atoms with Crippen LogP contribution in [0.3, 0.4) is 0 Å². The van der Waals surface area contributed by atoms with Gasteiger partial charge in [0.15, 0.2) is 0 Å². The van der Waals surface area contributed by atoms with E-state index in [1.54, 1.807) is 0 Å². The molecule has 0 nitrogen and oxygen atoms in total. The van der Waals surface area contributed by atoms with Crippen molar-refractivity contribution in [2.24, 2.45) is 0 Å². The molecule has 0 spiro atoms. The van der Waals surface area contributed by atoms with Crippen LogP contribution in [0.15, 0.2) is 133 Å². The molecule has 0 saturated carbocycles. The molecule has 135 valence electrons. The SMILES string of the molecule is C(=C\C(c1ccccc1)c1ccccc1)/[C](c1ccccc1)c1ccccc1. The van der Waals surface area contributed by atoms with E-state index in [4.69, 9.17) is 0 Å². The maximum Gasteiger partial charge on any atom is 0.0554 e. The van der Waals surface area contributed by atoms with E-state index >= 15 is 0 Å². The van der Waals surface area contributed by atoms with E-state index < -0.39 is 0 Å². The predicted octanol–water partition coefficient (Wildman–Crippen LogP) is 7.05. The maximum atomic E-state index is 2.32. The van der Waals surface area contributed by atoms with Crippen LogP contribution in [0.1, 0.15) is 28.2 Å². The second kappa shape index (κ2) is 9.01. The average Bonchev–Trinajstić information content (AvgIpc) is 2.79. The number of hydrogen-bond acceptors (Lipinski definition) is 0. The van der Waals surface area contributed by atoms with Gasteiger partial charge in [-0.3, -0.25) is 0 Å². The van der Waals surface area contributed by atoms with Gasteiger partial charge in [-0.1, -0.05) is 133 Å². The lowest BCUT2D eigenvalue weighted by Gasteiger charge is -2.17. The van der Waals surface area contributed by atoms with Gasteiger partial charge in [-0.2, -0.15) is 0 Å². The molecule has 0 aliphatic rings. The largest absolute Gasteiger partial charge is 0.0754 e. The van der Waals surface area contributed by atoms with Crippen molar-refractivity contribution in [2.45, 2.75) is 5.92 Å². The van der Waals surface area contributed by atoms with Gasteiger partial charge in [0.05, 0.1) is 5.92 Å². The Labute approximate surface area is 167 Å². The van der Waals surface area contributed by atoms with Gasteiger partial charge in [-0.15, -0.1) is 0 Å². The van der Waals surface area contributed by atoms with Crippen LogP contribution in [0.25, 0.3) is 0 Å². The van der Waals surface area contributed by atoms with Gasteiger partial charge >= 0.3 is 0 Å². The highest BCUT2D eigenvalue weighted by atomic mass is 14.2. The molecule has 0 aromatic heterocycles. The molecule has 0 bridgehead atoms. The lowest BCUT2D eigenvalue weighted by molar-refractivity contribution is 1.02. The third-order valence-electron chi connectivity index (χ3n) is 4.94. The first kappa shape index (κ1) is 18.0. The molecule has 0 saturated heterocycles.